The summed E-state index contributed by atoms with van der Waals surface area (Å²) in [7, 11) is 0. The molecule has 1 aromatic carbocycles. The predicted molar refractivity (Wildman–Crippen MR) is 125 cm³/mol. The van der Waals surface area contributed by atoms with E-state index < -0.39 is 0 Å². The molecular weight excluding hydrogens is 380 g/mol. The molecule has 0 N–H and O–H groups in total. The summed E-state index contributed by atoms with van der Waals surface area (Å²) in [5.74, 6) is 10.0. The van der Waals surface area contributed by atoms with Gasteiger partial charge in [-0.15, -0.1) is 0 Å². The maximum absolute atomic E-state index is 6.81. The van der Waals surface area contributed by atoms with E-state index in [1.165, 1.54) is 37.7 Å². The number of benzene rings is 1. The average Bonchev–Trinajstić information content (AvgIpc) is 3.56. The van der Waals surface area contributed by atoms with Crippen molar-refractivity contribution in [3.63, 3.8) is 0 Å². The first kappa shape index (κ1) is 20.6. The van der Waals surface area contributed by atoms with Crippen LogP contribution in [0.2, 0.25) is 0 Å². The monoisotopic (exact) mass is 422 g/mol. The Morgan fingerprint density at radius 3 is 2.23 bits per heavy atom. The number of fused-ring (bicyclic) bond motifs is 12. The minimum absolute atomic E-state index is 0.130. The van der Waals surface area contributed by atoms with Crippen LogP contribution in [-0.2, 0) is 4.74 Å². The van der Waals surface area contributed by atoms with Crippen LogP contribution in [0.25, 0.3) is 0 Å². The third-order valence-corrected chi connectivity index (χ3v) is 10.5. The first-order valence-electron chi connectivity index (χ1n) is 13.5. The second-order valence-electron chi connectivity index (χ2n) is 12.2. The summed E-state index contributed by atoms with van der Waals surface area (Å²) in [6, 6.07) is 8.76. The molecule has 0 amide bonds. The van der Waals surface area contributed by atoms with E-state index in [-0.39, 0.29) is 6.29 Å². The molecule has 0 aliphatic heterocycles. The minimum atomic E-state index is -0.130. The molecule has 1 aromatic rings. The van der Waals surface area contributed by atoms with Crippen molar-refractivity contribution in [1.29, 1.82) is 0 Å². The van der Waals surface area contributed by atoms with Crippen LogP contribution in [0.5, 0.6) is 5.75 Å². The van der Waals surface area contributed by atoms with Crippen LogP contribution in [-0.4, -0.2) is 12.4 Å². The quantitative estimate of drug-likeness (QED) is 0.339. The highest BCUT2D eigenvalue weighted by atomic mass is 16.7. The van der Waals surface area contributed by atoms with Gasteiger partial charge < -0.3 is 9.47 Å². The molecule has 5 saturated carbocycles. The molecule has 31 heavy (non-hydrogen) atoms. The normalized spacial score (nSPS) is 44.0. The Hall–Kier alpha value is -1.02. The summed E-state index contributed by atoms with van der Waals surface area (Å²) in [6.45, 7) is 9.03. The van der Waals surface area contributed by atoms with Crippen molar-refractivity contribution < 1.29 is 9.47 Å². The molecule has 11 unspecified atom stereocenters. The Kier molecular flexibility index (Phi) is 5.17. The van der Waals surface area contributed by atoms with Gasteiger partial charge in [-0.2, -0.15) is 0 Å². The van der Waals surface area contributed by atoms with E-state index in [0.29, 0.717) is 17.9 Å². The van der Waals surface area contributed by atoms with E-state index in [2.05, 4.69) is 52.0 Å². The lowest BCUT2D eigenvalue weighted by atomic mass is 9.64. The van der Waals surface area contributed by atoms with E-state index in [0.717, 1.165) is 53.1 Å². The van der Waals surface area contributed by atoms with E-state index in [9.17, 15) is 0 Å². The Labute approximate surface area is 189 Å². The molecular formula is C29H42O2. The Morgan fingerprint density at radius 2 is 1.55 bits per heavy atom. The lowest BCUT2D eigenvalue weighted by Gasteiger charge is -2.44. The molecule has 2 nitrogen and oxygen atoms in total. The highest BCUT2D eigenvalue weighted by Gasteiger charge is 2.68. The van der Waals surface area contributed by atoms with Gasteiger partial charge in [0.1, 0.15) is 5.75 Å². The van der Waals surface area contributed by atoms with Gasteiger partial charge in [-0.3, -0.25) is 0 Å². The second kappa shape index (κ2) is 7.79. The van der Waals surface area contributed by atoms with E-state index in [4.69, 9.17) is 9.47 Å². The highest BCUT2D eigenvalue weighted by molar-refractivity contribution is 5.29. The van der Waals surface area contributed by atoms with Gasteiger partial charge in [-0.05, 0) is 109 Å². The lowest BCUT2D eigenvalue weighted by molar-refractivity contribution is -0.168. The molecule has 0 aromatic heterocycles. The van der Waals surface area contributed by atoms with Gasteiger partial charge in [0.05, 0.1) is 6.10 Å². The topological polar surface area (TPSA) is 18.5 Å². The van der Waals surface area contributed by atoms with Gasteiger partial charge in [0.2, 0.25) is 6.29 Å². The number of rotatable bonds is 7. The smallest absolute Gasteiger partial charge is 0.202 e. The largest absolute Gasteiger partial charge is 0.465 e. The molecule has 6 rings (SSSR count). The maximum Gasteiger partial charge on any atom is 0.202 e. The molecule has 0 saturated heterocycles. The van der Waals surface area contributed by atoms with Crippen LogP contribution < -0.4 is 4.74 Å². The van der Waals surface area contributed by atoms with Crippen molar-refractivity contribution in [1.82, 2.24) is 0 Å². The van der Waals surface area contributed by atoms with Gasteiger partial charge in [0.25, 0.3) is 0 Å². The van der Waals surface area contributed by atoms with Crippen LogP contribution in [0.3, 0.4) is 0 Å². The second-order valence-corrected chi connectivity index (χ2v) is 12.2. The zero-order valence-corrected chi connectivity index (χ0v) is 20.0. The first-order chi connectivity index (χ1) is 15.0. The Bertz CT molecular complexity index is 784. The van der Waals surface area contributed by atoms with Crippen LogP contribution in [0.1, 0.15) is 84.1 Å². The summed E-state index contributed by atoms with van der Waals surface area (Å²) >= 11 is 0. The van der Waals surface area contributed by atoms with Crippen LogP contribution in [0, 0.1) is 53.3 Å². The number of ether oxygens (including phenoxy) is 2. The zero-order valence-electron chi connectivity index (χ0n) is 20.0. The van der Waals surface area contributed by atoms with Crippen molar-refractivity contribution in [3.8, 4) is 5.75 Å². The van der Waals surface area contributed by atoms with Gasteiger partial charge in [-0.25, -0.2) is 0 Å². The number of hydrogen-bond acceptors (Lipinski definition) is 2. The Morgan fingerprint density at radius 1 is 0.839 bits per heavy atom. The standard InChI is InChI=1S/C29H42O2/c1-5-17(4)18-9-11-20(12-10-18)30-29(16(2)3)31-26-14-19-13-25(26)28-24-15-23(27(19)28)21-7-6-8-22(21)24/h9-12,16-17,19,21-29H,5-8,13-15H2,1-4H3. The third-order valence-electron chi connectivity index (χ3n) is 10.5. The molecule has 5 aliphatic rings. The molecule has 0 heterocycles. The van der Waals surface area contributed by atoms with Crippen LogP contribution >= 0.6 is 0 Å². The summed E-state index contributed by atoms with van der Waals surface area (Å²) in [4.78, 5) is 0. The van der Waals surface area contributed by atoms with Crippen LogP contribution in [0.4, 0.5) is 0 Å². The van der Waals surface area contributed by atoms with Crippen LogP contribution in [0.15, 0.2) is 24.3 Å². The fourth-order valence-corrected chi connectivity index (χ4v) is 9.15. The summed E-state index contributed by atoms with van der Waals surface area (Å²) in [6.07, 6.45) is 10.4. The molecule has 0 radical (unpaired) electrons. The van der Waals surface area contributed by atoms with Crippen molar-refractivity contribution in [3.05, 3.63) is 29.8 Å². The zero-order chi connectivity index (χ0) is 21.3. The summed E-state index contributed by atoms with van der Waals surface area (Å²) in [5, 5.41) is 0. The van der Waals surface area contributed by atoms with Crippen molar-refractivity contribution >= 4 is 0 Å². The van der Waals surface area contributed by atoms with Crippen molar-refractivity contribution in [2.45, 2.75) is 91.0 Å². The third kappa shape index (κ3) is 3.22. The first-order valence-corrected chi connectivity index (χ1v) is 13.5. The molecule has 5 fully saturated rings. The summed E-state index contributed by atoms with van der Waals surface area (Å²) in [5.41, 5.74) is 1.40. The molecule has 170 valence electrons. The predicted octanol–water partition coefficient (Wildman–Crippen LogP) is 7.28. The van der Waals surface area contributed by atoms with Gasteiger partial charge in [0, 0.05) is 5.92 Å². The van der Waals surface area contributed by atoms with Crippen molar-refractivity contribution in [2.24, 2.45) is 53.3 Å². The molecule has 5 aliphatic carbocycles. The maximum atomic E-state index is 6.81. The van der Waals surface area contributed by atoms with E-state index in [1.807, 2.05) is 0 Å². The number of hydrogen-bond donors (Lipinski definition) is 0. The molecule has 0 spiro atoms. The lowest BCUT2D eigenvalue weighted by Crippen LogP contribution is -2.43. The molecule has 11 atom stereocenters. The highest BCUT2D eigenvalue weighted by Crippen LogP contribution is 2.73. The molecule has 2 heteroatoms. The fourth-order valence-electron chi connectivity index (χ4n) is 9.15. The van der Waals surface area contributed by atoms with Gasteiger partial charge >= 0.3 is 0 Å². The van der Waals surface area contributed by atoms with Gasteiger partial charge in [0.15, 0.2) is 0 Å². The Balaban J connectivity index is 1.14. The molecule has 4 bridgehead atoms. The SMILES string of the molecule is CCC(C)c1ccc(OC(OC2CC3CC2C2C4CC(C5CCCC54)C32)C(C)C)cc1. The fraction of sp³-hybridized carbons (Fsp3) is 0.793. The summed E-state index contributed by atoms with van der Waals surface area (Å²) < 4.78 is 13.2. The van der Waals surface area contributed by atoms with E-state index in [1.54, 1.807) is 12.8 Å². The average molecular weight is 423 g/mol. The van der Waals surface area contributed by atoms with E-state index >= 15 is 0 Å². The van der Waals surface area contributed by atoms with Gasteiger partial charge in [-0.1, -0.05) is 46.2 Å². The van der Waals surface area contributed by atoms with Crippen molar-refractivity contribution in [2.75, 3.05) is 0 Å². The minimum Gasteiger partial charge on any atom is -0.465 e.